The molecule has 2 saturated heterocycles. The van der Waals surface area contributed by atoms with E-state index in [1.165, 1.54) is 32.5 Å². The number of piperazine rings is 1. The predicted molar refractivity (Wildman–Crippen MR) is 111 cm³/mol. The molecule has 1 atom stereocenters. The van der Waals surface area contributed by atoms with Gasteiger partial charge in [-0.1, -0.05) is 13.8 Å². The van der Waals surface area contributed by atoms with Gasteiger partial charge in [0.15, 0.2) is 5.96 Å². The highest BCUT2D eigenvalue weighted by atomic mass is 15.4. The Morgan fingerprint density at radius 2 is 1.93 bits per heavy atom. The van der Waals surface area contributed by atoms with Crippen LogP contribution in [0.1, 0.15) is 26.7 Å². The summed E-state index contributed by atoms with van der Waals surface area (Å²) in [4.78, 5) is 20.5. The lowest BCUT2D eigenvalue weighted by Crippen LogP contribution is -2.54. The van der Waals surface area contributed by atoms with Crippen LogP contribution in [-0.4, -0.2) is 85.1 Å². The molecule has 7 heteroatoms. The molecular weight excluding hydrogens is 338 g/mol. The molecule has 2 aliphatic rings. The molecule has 27 heavy (non-hydrogen) atoms. The Morgan fingerprint density at radius 1 is 1.19 bits per heavy atom. The third kappa shape index (κ3) is 5.79. The van der Waals surface area contributed by atoms with Crippen LogP contribution in [0.3, 0.4) is 0 Å². The normalized spacial score (nSPS) is 22.4. The predicted octanol–water partition coefficient (Wildman–Crippen LogP) is 1.54. The zero-order valence-electron chi connectivity index (χ0n) is 17.1. The van der Waals surface area contributed by atoms with E-state index < -0.39 is 0 Å². The van der Waals surface area contributed by atoms with Crippen molar-refractivity contribution in [2.45, 2.75) is 26.7 Å². The fourth-order valence-corrected chi connectivity index (χ4v) is 4.14. The SMILES string of the molecule is CN=C(NCC1CCCN(CC(C)C)C1)N1CCN(c2ncccn2)CC1. The van der Waals surface area contributed by atoms with Crippen LogP contribution in [0.2, 0.25) is 0 Å². The maximum absolute atomic E-state index is 4.53. The van der Waals surface area contributed by atoms with Crippen LogP contribution in [0.5, 0.6) is 0 Å². The molecule has 2 aliphatic heterocycles. The minimum Gasteiger partial charge on any atom is -0.356 e. The number of aliphatic imine (C=N–C) groups is 1. The zero-order chi connectivity index (χ0) is 19.1. The Labute approximate surface area is 163 Å². The number of hydrogen-bond donors (Lipinski definition) is 1. The van der Waals surface area contributed by atoms with Crippen molar-refractivity contribution in [1.82, 2.24) is 25.1 Å². The van der Waals surface area contributed by atoms with Gasteiger partial charge in [-0.3, -0.25) is 4.99 Å². The lowest BCUT2D eigenvalue weighted by molar-refractivity contribution is 0.159. The van der Waals surface area contributed by atoms with Gasteiger partial charge in [-0.2, -0.15) is 0 Å². The standard InChI is InChI=1S/C20H35N7/c1-17(2)15-25-9-4-6-18(16-25)14-24-19(21-3)26-10-12-27(13-11-26)20-22-7-5-8-23-20/h5,7-8,17-18H,4,6,9-16H2,1-3H3,(H,21,24). The first-order valence-corrected chi connectivity index (χ1v) is 10.4. The number of aromatic nitrogens is 2. The van der Waals surface area contributed by atoms with Crippen molar-refractivity contribution in [1.29, 1.82) is 0 Å². The molecule has 3 heterocycles. The summed E-state index contributed by atoms with van der Waals surface area (Å²) in [7, 11) is 1.89. The number of guanidine groups is 1. The van der Waals surface area contributed by atoms with Gasteiger partial charge in [0.1, 0.15) is 0 Å². The number of rotatable bonds is 5. The maximum Gasteiger partial charge on any atom is 0.225 e. The third-order valence-corrected chi connectivity index (χ3v) is 5.40. The zero-order valence-corrected chi connectivity index (χ0v) is 17.1. The van der Waals surface area contributed by atoms with Crippen LogP contribution in [-0.2, 0) is 0 Å². The van der Waals surface area contributed by atoms with Gasteiger partial charge in [0.2, 0.25) is 5.95 Å². The molecule has 0 aromatic carbocycles. The number of nitrogens with one attached hydrogen (secondary N) is 1. The fraction of sp³-hybridized carbons (Fsp3) is 0.750. The van der Waals surface area contributed by atoms with Crippen LogP contribution >= 0.6 is 0 Å². The Bertz CT molecular complexity index is 581. The van der Waals surface area contributed by atoms with Gasteiger partial charge >= 0.3 is 0 Å². The second-order valence-electron chi connectivity index (χ2n) is 8.11. The van der Waals surface area contributed by atoms with Crippen molar-refractivity contribution in [2.75, 3.05) is 64.3 Å². The van der Waals surface area contributed by atoms with E-state index in [0.29, 0.717) is 5.92 Å². The van der Waals surface area contributed by atoms with E-state index in [4.69, 9.17) is 0 Å². The molecule has 0 saturated carbocycles. The first-order valence-electron chi connectivity index (χ1n) is 10.4. The smallest absolute Gasteiger partial charge is 0.225 e. The summed E-state index contributed by atoms with van der Waals surface area (Å²) < 4.78 is 0. The average molecular weight is 374 g/mol. The van der Waals surface area contributed by atoms with Gasteiger partial charge < -0.3 is 20.0 Å². The number of piperidine rings is 1. The van der Waals surface area contributed by atoms with Gasteiger partial charge in [0.25, 0.3) is 0 Å². The van der Waals surface area contributed by atoms with Gasteiger partial charge in [0, 0.05) is 65.3 Å². The Hall–Kier alpha value is -1.89. The molecule has 0 spiro atoms. The van der Waals surface area contributed by atoms with Crippen molar-refractivity contribution in [3.8, 4) is 0 Å². The molecule has 0 aliphatic carbocycles. The lowest BCUT2D eigenvalue weighted by atomic mass is 9.97. The summed E-state index contributed by atoms with van der Waals surface area (Å²) in [6.07, 6.45) is 6.25. The second-order valence-corrected chi connectivity index (χ2v) is 8.11. The summed E-state index contributed by atoms with van der Waals surface area (Å²) in [6, 6.07) is 1.86. The highest BCUT2D eigenvalue weighted by molar-refractivity contribution is 5.80. The molecule has 1 aromatic heterocycles. The molecule has 0 radical (unpaired) electrons. The second kappa shape index (κ2) is 9.88. The molecule has 1 aromatic rings. The topological polar surface area (TPSA) is 59.9 Å². The molecular formula is C20H35N7. The van der Waals surface area contributed by atoms with Crippen molar-refractivity contribution >= 4 is 11.9 Å². The van der Waals surface area contributed by atoms with E-state index in [9.17, 15) is 0 Å². The largest absolute Gasteiger partial charge is 0.356 e. The van der Waals surface area contributed by atoms with E-state index in [-0.39, 0.29) is 0 Å². The van der Waals surface area contributed by atoms with Gasteiger partial charge in [-0.25, -0.2) is 9.97 Å². The van der Waals surface area contributed by atoms with E-state index in [1.807, 2.05) is 25.5 Å². The number of nitrogens with zero attached hydrogens (tertiary/aromatic N) is 6. The monoisotopic (exact) mass is 373 g/mol. The Balaban J connectivity index is 1.44. The average Bonchev–Trinajstić information content (AvgIpc) is 2.69. The van der Waals surface area contributed by atoms with Crippen LogP contribution in [0.4, 0.5) is 5.95 Å². The molecule has 0 bridgehead atoms. The summed E-state index contributed by atoms with van der Waals surface area (Å²) in [6.45, 7) is 13.1. The molecule has 2 fully saturated rings. The summed E-state index contributed by atoms with van der Waals surface area (Å²) in [5, 5.41) is 3.64. The molecule has 7 nitrogen and oxygen atoms in total. The lowest BCUT2D eigenvalue weighted by Gasteiger charge is -2.38. The van der Waals surface area contributed by atoms with E-state index in [0.717, 1.165) is 50.5 Å². The van der Waals surface area contributed by atoms with Crippen molar-refractivity contribution in [3.05, 3.63) is 18.5 Å². The number of hydrogen-bond acceptors (Lipinski definition) is 5. The van der Waals surface area contributed by atoms with Gasteiger partial charge in [-0.05, 0) is 37.3 Å². The molecule has 0 amide bonds. The highest BCUT2D eigenvalue weighted by Crippen LogP contribution is 2.17. The van der Waals surface area contributed by atoms with E-state index >= 15 is 0 Å². The number of anilines is 1. The minimum absolute atomic E-state index is 0.716. The van der Waals surface area contributed by atoms with Crippen molar-refractivity contribution in [2.24, 2.45) is 16.8 Å². The number of likely N-dealkylation sites (tertiary alicyclic amines) is 1. The highest BCUT2D eigenvalue weighted by Gasteiger charge is 2.23. The third-order valence-electron chi connectivity index (χ3n) is 5.40. The first kappa shape index (κ1) is 19.9. The maximum atomic E-state index is 4.53. The molecule has 150 valence electrons. The van der Waals surface area contributed by atoms with Crippen LogP contribution in [0, 0.1) is 11.8 Å². The summed E-state index contributed by atoms with van der Waals surface area (Å²) in [5.74, 6) is 3.32. The molecule has 1 N–H and O–H groups in total. The minimum atomic E-state index is 0.716. The van der Waals surface area contributed by atoms with Crippen LogP contribution in [0.15, 0.2) is 23.5 Å². The Kier molecular flexibility index (Phi) is 7.26. The quantitative estimate of drug-likeness (QED) is 0.624. The van der Waals surface area contributed by atoms with Crippen molar-refractivity contribution < 1.29 is 0 Å². The summed E-state index contributed by atoms with van der Waals surface area (Å²) >= 11 is 0. The van der Waals surface area contributed by atoms with Crippen molar-refractivity contribution in [3.63, 3.8) is 0 Å². The molecule has 1 unspecified atom stereocenters. The molecule has 3 rings (SSSR count). The van der Waals surface area contributed by atoms with Crippen LogP contribution < -0.4 is 10.2 Å². The first-order chi connectivity index (χ1) is 13.2. The van der Waals surface area contributed by atoms with E-state index in [2.05, 4.69) is 48.8 Å². The van der Waals surface area contributed by atoms with Gasteiger partial charge in [0.05, 0.1) is 0 Å². The van der Waals surface area contributed by atoms with E-state index in [1.54, 1.807) is 0 Å². The summed E-state index contributed by atoms with van der Waals surface area (Å²) in [5.41, 5.74) is 0. The fourth-order valence-electron chi connectivity index (χ4n) is 4.14. The Morgan fingerprint density at radius 3 is 2.59 bits per heavy atom. The van der Waals surface area contributed by atoms with Crippen LogP contribution in [0.25, 0.3) is 0 Å². The van der Waals surface area contributed by atoms with Gasteiger partial charge in [-0.15, -0.1) is 0 Å².